The highest BCUT2D eigenvalue weighted by molar-refractivity contribution is 7.86. The molecule has 4 heteroatoms. The molecule has 0 atom stereocenters. The van der Waals surface area contributed by atoms with Crippen LogP contribution in [0.3, 0.4) is 0 Å². The van der Waals surface area contributed by atoms with Gasteiger partial charge in [0.1, 0.15) is 0 Å². The Balaban J connectivity index is 2.29. The molecule has 1 aliphatic carbocycles. The minimum absolute atomic E-state index is 0.151. The van der Waals surface area contributed by atoms with Crippen LogP contribution in [-0.4, -0.2) is 14.5 Å². The van der Waals surface area contributed by atoms with E-state index < -0.39 is 10.1 Å². The van der Waals surface area contributed by atoms with Crippen molar-refractivity contribution in [1.29, 1.82) is 0 Å². The second-order valence-electron chi connectivity index (χ2n) is 6.56. The van der Waals surface area contributed by atoms with E-state index in [-0.39, 0.29) is 11.5 Å². The average molecular weight is 296 g/mol. The first-order valence-corrected chi connectivity index (χ1v) is 8.74. The molecule has 1 saturated carbocycles. The van der Waals surface area contributed by atoms with E-state index >= 15 is 0 Å². The van der Waals surface area contributed by atoms with Crippen LogP contribution in [0.15, 0.2) is 29.2 Å². The van der Waals surface area contributed by atoms with E-state index in [9.17, 15) is 8.42 Å². The predicted molar refractivity (Wildman–Crippen MR) is 80.3 cm³/mol. The van der Waals surface area contributed by atoms with Gasteiger partial charge in [-0.1, -0.05) is 58.2 Å². The fourth-order valence-corrected chi connectivity index (χ4v) is 4.24. The predicted octanol–water partition coefficient (Wildman–Crippen LogP) is 4.02. The highest BCUT2D eigenvalue weighted by atomic mass is 32.2. The van der Waals surface area contributed by atoms with Crippen LogP contribution in [0.25, 0.3) is 0 Å². The standard InChI is InChI=1S/C16H24O3S/c1-16(2,3)14-11-7-8-12-15(14)20(17,18)19-13-9-5-4-6-10-13/h7-8,11-13H,4-6,9-10H2,1-3H3. The van der Waals surface area contributed by atoms with E-state index in [0.717, 1.165) is 31.2 Å². The lowest BCUT2D eigenvalue weighted by molar-refractivity contribution is 0.162. The first-order valence-electron chi connectivity index (χ1n) is 7.33. The van der Waals surface area contributed by atoms with Crippen LogP contribution in [0.1, 0.15) is 58.4 Å². The zero-order valence-corrected chi connectivity index (χ0v) is 13.4. The Kier molecular flexibility index (Phi) is 4.55. The van der Waals surface area contributed by atoms with Crippen molar-refractivity contribution in [2.45, 2.75) is 69.3 Å². The van der Waals surface area contributed by atoms with Gasteiger partial charge in [0, 0.05) is 0 Å². The van der Waals surface area contributed by atoms with Gasteiger partial charge in [-0.2, -0.15) is 8.42 Å². The van der Waals surface area contributed by atoms with Crippen LogP contribution in [-0.2, 0) is 19.7 Å². The van der Waals surface area contributed by atoms with E-state index in [1.54, 1.807) is 12.1 Å². The van der Waals surface area contributed by atoms with E-state index in [2.05, 4.69) is 0 Å². The number of rotatable bonds is 3. The lowest BCUT2D eigenvalue weighted by atomic mass is 9.87. The van der Waals surface area contributed by atoms with E-state index in [4.69, 9.17) is 4.18 Å². The molecule has 0 saturated heterocycles. The Labute approximate surface area is 122 Å². The number of hydrogen-bond acceptors (Lipinski definition) is 3. The lowest BCUT2D eigenvalue weighted by Crippen LogP contribution is -2.24. The summed E-state index contributed by atoms with van der Waals surface area (Å²) in [5, 5.41) is 0. The van der Waals surface area contributed by atoms with Crippen LogP contribution in [0.2, 0.25) is 0 Å². The summed E-state index contributed by atoms with van der Waals surface area (Å²) in [6, 6.07) is 7.16. The van der Waals surface area contributed by atoms with Gasteiger partial charge in [0.15, 0.2) is 0 Å². The topological polar surface area (TPSA) is 43.4 Å². The van der Waals surface area contributed by atoms with Crippen LogP contribution in [0.4, 0.5) is 0 Å². The van der Waals surface area contributed by atoms with Crippen molar-refractivity contribution < 1.29 is 12.6 Å². The molecule has 0 heterocycles. The van der Waals surface area contributed by atoms with Gasteiger partial charge in [-0.05, 0) is 29.9 Å². The molecule has 0 spiro atoms. The molecule has 0 aromatic heterocycles. The SMILES string of the molecule is CC(C)(C)c1ccccc1S(=O)(=O)OC1CCCCC1. The zero-order chi connectivity index (χ0) is 14.8. The fourth-order valence-electron chi connectivity index (χ4n) is 2.70. The number of benzene rings is 1. The van der Waals surface area contributed by atoms with Gasteiger partial charge in [-0.3, -0.25) is 4.18 Å². The van der Waals surface area contributed by atoms with Gasteiger partial charge in [-0.15, -0.1) is 0 Å². The molecule has 0 bridgehead atoms. The number of hydrogen-bond donors (Lipinski definition) is 0. The van der Waals surface area contributed by atoms with Crippen molar-refractivity contribution in [2.24, 2.45) is 0 Å². The first kappa shape index (κ1) is 15.5. The highest BCUT2D eigenvalue weighted by Gasteiger charge is 2.29. The maximum absolute atomic E-state index is 12.5. The van der Waals surface area contributed by atoms with Gasteiger partial charge in [-0.25, -0.2) is 0 Å². The van der Waals surface area contributed by atoms with E-state index in [1.165, 1.54) is 6.42 Å². The summed E-state index contributed by atoms with van der Waals surface area (Å²) in [4.78, 5) is 0.318. The Morgan fingerprint density at radius 2 is 1.65 bits per heavy atom. The molecule has 0 aliphatic heterocycles. The molecule has 2 rings (SSSR count). The van der Waals surface area contributed by atoms with Crippen LogP contribution in [0, 0.1) is 0 Å². The summed E-state index contributed by atoms with van der Waals surface area (Å²) in [5.41, 5.74) is 0.593. The summed E-state index contributed by atoms with van der Waals surface area (Å²) in [7, 11) is -3.67. The molecule has 0 radical (unpaired) electrons. The summed E-state index contributed by atoms with van der Waals surface area (Å²) in [5.74, 6) is 0. The molecule has 1 fully saturated rings. The molecule has 112 valence electrons. The Hall–Kier alpha value is -0.870. The summed E-state index contributed by atoms with van der Waals surface area (Å²) >= 11 is 0. The first-order chi connectivity index (χ1) is 9.31. The third-order valence-corrected chi connectivity index (χ3v) is 5.20. The van der Waals surface area contributed by atoms with Crippen molar-refractivity contribution in [3.05, 3.63) is 29.8 Å². The minimum Gasteiger partial charge on any atom is -0.263 e. The molecular weight excluding hydrogens is 272 g/mol. The third-order valence-electron chi connectivity index (χ3n) is 3.78. The molecule has 1 aromatic rings. The largest absolute Gasteiger partial charge is 0.297 e. The molecular formula is C16H24O3S. The second-order valence-corrected chi connectivity index (χ2v) is 8.10. The quantitative estimate of drug-likeness (QED) is 0.791. The van der Waals surface area contributed by atoms with Gasteiger partial charge < -0.3 is 0 Å². The molecule has 0 amide bonds. The van der Waals surface area contributed by atoms with Crippen LogP contribution < -0.4 is 0 Å². The van der Waals surface area contributed by atoms with E-state index in [1.807, 2.05) is 32.9 Å². The van der Waals surface area contributed by atoms with E-state index in [0.29, 0.717) is 4.90 Å². The van der Waals surface area contributed by atoms with Crippen molar-refractivity contribution in [3.8, 4) is 0 Å². The Morgan fingerprint density at radius 1 is 1.05 bits per heavy atom. The minimum atomic E-state index is -3.67. The lowest BCUT2D eigenvalue weighted by Gasteiger charge is -2.25. The molecule has 1 aromatic carbocycles. The van der Waals surface area contributed by atoms with Crippen molar-refractivity contribution in [3.63, 3.8) is 0 Å². The summed E-state index contributed by atoms with van der Waals surface area (Å²) in [6.45, 7) is 6.05. The smallest absolute Gasteiger partial charge is 0.263 e. The summed E-state index contributed by atoms with van der Waals surface area (Å²) in [6.07, 6.45) is 4.83. The maximum Gasteiger partial charge on any atom is 0.297 e. The molecule has 1 aliphatic rings. The molecule has 20 heavy (non-hydrogen) atoms. The average Bonchev–Trinajstić information content (AvgIpc) is 2.38. The third kappa shape index (κ3) is 3.61. The highest BCUT2D eigenvalue weighted by Crippen LogP contribution is 2.31. The Morgan fingerprint density at radius 3 is 2.25 bits per heavy atom. The maximum atomic E-state index is 12.5. The van der Waals surface area contributed by atoms with Crippen molar-refractivity contribution in [2.75, 3.05) is 0 Å². The van der Waals surface area contributed by atoms with Crippen molar-refractivity contribution in [1.82, 2.24) is 0 Å². The molecule has 0 unspecified atom stereocenters. The molecule has 0 N–H and O–H groups in total. The van der Waals surface area contributed by atoms with Gasteiger partial charge in [0.2, 0.25) is 0 Å². The van der Waals surface area contributed by atoms with Crippen LogP contribution in [0.5, 0.6) is 0 Å². The summed E-state index contributed by atoms with van der Waals surface area (Å²) < 4.78 is 30.6. The van der Waals surface area contributed by atoms with Crippen LogP contribution >= 0.6 is 0 Å². The van der Waals surface area contributed by atoms with Crippen molar-refractivity contribution >= 4 is 10.1 Å². The van der Waals surface area contributed by atoms with Gasteiger partial charge in [0.25, 0.3) is 10.1 Å². The fraction of sp³-hybridized carbons (Fsp3) is 0.625. The molecule has 3 nitrogen and oxygen atoms in total. The monoisotopic (exact) mass is 296 g/mol. The second kappa shape index (κ2) is 5.86. The Bertz CT molecular complexity index is 549. The van der Waals surface area contributed by atoms with Gasteiger partial charge >= 0.3 is 0 Å². The normalized spacial score (nSPS) is 18.1. The zero-order valence-electron chi connectivity index (χ0n) is 12.6. The van der Waals surface area contributed by atoms with Gasteiger partial charge in [0.05, 0.1) is 11.0 Å².